The molecule has 46 heavy (non-hydrogen) atoms. The molecule has 4 aromatic rings. The van der Waals surface area contributed by atoms with Gasteiger partial charge in [0.05, 0.1) is 41.0 Å². The van der Waals surface area contributed by atoms with E-state index in [9.17, 15) is 19.7 Å². The minimum absolute atomic E-state index is 0.0719. The second kappa shape index (κ2) is 12.9. The number of fused-ring (bicyclic) bond motifs is 2. The van der Waals surface area contributed by atoms with Gasteiger partial charge in [0, 0.05) is 55.1 Å². The summed E-state index contributed by atoms with van der Waals surface area (Å²) in [6.45, 7) is 8.95. The number of nitro groups is 1. The Kier molecular flexibility index (Phi) is 8.74. The summed E-state index contributed by atoms with van der Waals surface area (Å²) < 4.78 is 13.3. The van der Waals surface area contributed by atoms with Crippen molar-refractivity contribution < 1.29 is 19.2 Å². The number of rotatable bonds is 8. The lowest BCUT2D eigenvalue weighted by Crippen LogP contribution is -2.43. The highest BCUT2D eigenvalue weighted by Crippen LogP contribution is 2.40. The number of non-ortho nitro benzene ring substituents is 1. The molecule has 1 atom stereocenters. The first kappa shape index (κ1) is 31.2. The molecule has 0 N–H and O–H groups in total. The highest BCUT2D eigenvalue weighted by molar-refractivity contribution is 7.07. The Bertz CT molecular complexity index is 2060. The van der Waals surface area contributed by atoms with Crippen LogP contribution in [0.4, 0.5) is 11.4 Å². The molecular formula is C34H35N5O6S. The van der Waals surface area contributed by atoms with Crippen LogP contribution in [0.3, 0.4) is 0 Å². The smallest absolute Gasteiger partial charge is 0.271 e. The fraction of sp³-hybridized carbons (Fsp3) is 0.324. The molecule has 2 aliphatic rings. The van der Waals surface area contributed by atoms with Gasteiger partial charge in [-0.2, -0.15) is 0 Å². The molecule has 12 heteroatoms. The monoisotopic (exact) mass is 641 g/mol. The average Bonchev–Trinajstić information content (AvgIpc) is 3.37. The molecule has 1 fully saturated rings. The van der Waals surface area contributed by atoms with Crippen molar-refractivity contribution in [3.63, 3.8) is 0 Å². The number of morpholine rings is 1. The summed E-state index contributed by atoms with van der Waals surface area (Å²) in [6, 6.07) is 15.5. The molecule has 3 heterocycles. The summed E-state index contributed by atoms with van der Waals surface area (Å²) in [5, 5.41) is 13.6. The van der Waals surface area contributed by atoms with E-state index >= 15 is 0 Å². The van der Waals surface area contributed by atoms with Crippen LogP contribution in [0, 0.1) is 10.1 Å². The first-order valence-electron chi connectivity index (χ1n) is 15.3. The fourth-order valence-electron chi connectivity index (χ4n) is 6.29. The fourth-order valence-corrected chi connectivity index (χ4v) is 7.33. The predicted octanol–water partition coefficient (Wildman–Crippen LogP) is 4.01. The van der Waals surface area contributed by atoms with Crippen molar-refractivity contribution in [2.75, 3.05) is 51.4 Å². The second-order valence-electron chi connectivity index (χ2n) is 11.1. The minimum Gasteiger partial charge on any atom is -0.496 e. The van der Waals surface area contributed by atoms with Crippen molar-refractivity contribution >= 4 is 45.5 Å². The van der Waals surface area contributed by atoms with Crippen molar-refractivity contribution in [2.24, 2.45) is 4.99 Å². The molecule has 11 nitrogen and oxygen atoms in total. The Morgan fingerprint density at radius 3 is 2.59 bits per heavy atom. The Morgan fingerprint density at radius 2 is 1.89 bits per heavy atom. The summed E-state index contributed by atoms with van der Waals surface area (Å²) in [4.78, 5) is 49.1. The molecule has 3 aromatic carbocycles. The zero-order valence-corrected chi connectivity index (χ0v) is 27.0. The third-order valence-corrected chi connectivity index (χ3v) is 9.57. The highest BCUT2D eigenvalue weighted by Gasteiger charge is 2.36. The number of benzene rings is 3. The number of carbonyl (C=O) groups excluding carboxylic acids is 1. The molecule has 238 valence electrons. The Labute approximate surface area is 269 Å². The van der Waals surface area contributed by atoms with Crippen LogP contribution in [0.5, 0.6) is 5.75 Å². The number of amides is 1. The normalized spacial score (nSPS) is 16.7. The molecule has 1 saturated heterocycles. The van der Waals surface area contributed by atoms with Crippen LogP contribution in [-0.2, 0) is 9.53 Å². The van der Waals surface area contributed by atoms with Crippen LogP contribution in [0.25, 0.3) is 16.8 Å². The van der Waals surface area contributed by atoms with Crippen LogP contribution >= 0.6 is 11.3 Å². The van der Waals surface area contributed by atoms with Gasteiger partial charge < -0.3 is 19.3 Å². The summed E-state index contributed by atoms with van der Waals surface area (Å²) in [6.07, 6.45) is 1.70. The van der Waals surface area contributed by atoms with E-state index < -0.39 is 11.0 Å². The third kappa shape index (κ3) is 5.47. The van der Waals surface area contributed by atoms with E-state index in [-0.39, 0.29) is 17.2 Å². The summed E-state index contributed by atoms with van der Waals surface area (Å²) in [5.74, 6) is 0.347. The minimum atomic E-state index is -0.823. The van der Waals surface area contributed by atoms with Gasteiger partial charge in [-0.05, 0) is 49.8 Å². The van der Waals surface area contributed by atoms with Crippen molar-refractivity contribution in [3.05, 3.63) is 107 Å². The van der Waals surface area contributed by atoms with Crippen LogP contribution in [0.2, 0.25) is 0 Å². The summed E-state index contributed by atoms with van der Waals surface area (Å²) >= 11 is 1.20. The van der Waals surface area contributed by atoms with E-state index in [2.05, 4.69) is 4.90 Å². The Hall–Kier alpha value is -4.81. The zero-order valence-electron chi connectivity index (χ0n) is 26.2. The van der Waals surface area contributed by atoms with Crippen LogP contribution in [0.15, 0.2) is 75.7 Å². The molecule has 0 radical (unpaired) electrons. The van der Waals surface area contributed by atoms with Crippen LogP contribution < -0.4 is 24.5 Å². The quantitative estimate of drug-likeness (QED) is 0.211. The number of ether oxygens (including phenoxy) is 2. The van der Waals surface area contributed by atoms with E-state index in [1.165, 1.54) is 23.5 Å². The standard InChI is InChI=1S/C34H35N5O6S/c1-5-36(6-2)33(41)29-21(3)35-34-38(31(29)30-25-10-8-7-9-22(25)11-14-27(30)44-4)32(40)28(46-34)20-23-19-24(39(42)43)12-13-26(23)37-15-17-45-18-16-37/h7-14,19-20,31H,5-6,15-18H2,1-4H3/b28-20+/t31-/m0/s1. The maximum absolute atomic E-state index is 14.6. The molecule has 1 amide bonds. The largest absolute Gasteiger partial charge is 0.496 e. The Balaban J connectivity index is 1.64. The number of allylic oxidation sites excluding steroid dienone is 1. The first-order chi connectivity index (χ1) is 22.3. The van der Waals surface area contributed by atoms with Gasteiger partial charge in [0.2, 0.25) is 0 Å². The van der Waals surface area contributed by atoms with Crippen molar-refractivity contribution in [2.45, 2.75) is 26.8 Å². The van der Waals surface area contributed by atoms with Crippen LogP contribution in [0.1, 0.15) is 37.9 Å². The number of thiazole rings is 1. The summed E-state index contributed by atoms with van der Waals surface area (Å²) in [7, 11) is 1.58. The molecule has 0 spiro atoms. The average molecular weight is 642 g/mol. The van der Waals surface area contributed by atoms with Gasteiger partial charge in [0.15, 0.2) is 4.80 Å². The predicted molar refractivity (Wildman–Crippen MR) is 178 cm³/mol. The molecule has 0 aliphatic carbocycles. The number of carbonyl (C=O) groups is 1. The maximum atomic E-state index is 14.6. The third-order valence-electron chi connectivity index (χ3n) is 8.59. The lowest BCUT2D eigenvalue weighted by molar-refractivity contribution is -0.384. The van der Waals surface area contributed by atoms with E-state index in [0.717, 1.165) is 16.5 Å². The van der Waals surface area contributed by atoms with Crippen molar-refractivity contribution in [1.29, 1.82) is 0 Å². The van der Waals surface area contributed by atoms with Gasteiger partial charge in [0.25, 0.3) is 17.2 Å². The van der Waals surface area contributed by atoms with Gasteiger partial charge in [-0.15, -0.1) is 0 Å². The van der Waals surface area contributed by atoms with Crippen molar-refractivity contribution in [3.8, 4) is 5.75 Å². The lowest BCUT2D eigenvalue weighted by atomic mass is 9.90. The number of hydrogen-bond acceptors (Lipinski definition) is 9. The molecule has 6 rings (SSSR count). The van der Waals surface area contributed by atoms with Crippen LogP contribution in [-0.4, -0.2) is 66.8 Å². The van der Waals surface area contributed by atoms with E-state index in [1.807, 2.05) is 50.2 Å². The van der Waals surface area contributed by atoms with Gasteiger partial charge in [0.1, 0.15) is 11.8 Å². The van der Waals surface area contributed by atoms with Gasteiger partial charge >= 0.3 is 0 Å². The molecule has 0 bridgehead atoms. The summed E-state index contributed by atoms with van der Waals surface area (Å²) in [5.41, 5.74) is 2.53. The first-order valence-corrected chi connectivity index (χ1v) is 16.1. The van der Waals surface area contributed by atoms with Gasteiger partial charge in [-0.3, -0.25) is 24.3 Å². The molecule has 1 aromatic heterocycles. The van der Waals surface area contributed by atoms with Crippen molar-refractivity contribution in [1.82, 2.24) is 9.47 Å². The number of nitro benzene ring substituents is 1. The lowest BCUT2D eigenvalue weighted by Gasteiger charge is -2.30. The second-order valence-corrected chi connectivity index (χ2v) is 12.1. The SMILES string of the molecule is CCN(CC)C(=O)C1=C(C)N=c2s/c(=C/c3cc([N+](=O)[O-])ccc3N3CCOCC3)c(=O)n2[C@@H]1c1c(OC)ccc2ccccc12. The number of likely N-dealkylation sites (N-methyl/N-ethyl adjacent to an activating group) is 1. The van der Waals surface area contributed by atoms with Gasteiger partial charge in [-0.1, -0.05) is 41.7 Å². The van der Waals surface area contributed by atoms with Gasteiger partial charge in [-0.25, -0.2) is 4.99 Å². The number of anilines is 1. The maximum Gasteiger partial charge on any atom is 0.271 e. The molecule has 0 saturated carbocycles. The van der Waals surface area contributed by atoms with E-state index in [1.54, 1.807) is 35.6 Å². The highest BCUT2D eigenvalue weighted by atomic mass is 32.1. The van der Waals surface area contributed by atoms with E-state index in [0.29, 0.717) is 76.9 Å². The number of aromatic nitrogens is 1. The molecular weight excluding hydrogens is 606 g/mol. The molecule has 0 unspecified atom stereocenters. The molecule has 2 aliphatic heterocycles. The Morgan fingerprint density at radius 1 is 1.15 bits per heavy atom. The zero-order chi connectivity index (χ0) is 32.5. The topological polar surface area (TPSA) is 120 Å². The van der Waals surface area contributed by atoms with E-state index in [4.69, 9.17) is 14.5 Å². The number of nitrogens with zero attached hydrogens (tertiary/aromatic N) is 5. The number of methoxy groups -OCH3 is 1. The number of hydrogen-bond donors (Lipinski definition) is 0.